The highest BCUT2D eigenvalue weighted by molar-refractivity contribution is 7.50. The third kappa shape index (κ3) is 3.60. The Kier molecular flexibility index (Phi) is 5.45. The van der Waals surface area contributed by atoms with Crippen molar-refractivity contribution in [2.45, 2.75) is 55.5 Å². The average molecular weight is 468 g/mol. The van der Waals surface area contributed by atoms with E-state index in [0.29, 0.717) is 0 Å². The van der Waals surface area contributed by atoms with E-state index in [1.807, 2.05) is 0 Å². The van der Waals surface area contributed by atoms with E-state index < -0.39 is 52.0 Å². The molecule has 0 unspecified atom stereocenters. The molecule has 1 rings (SSSR count). The Bertz CT molecular complexity index is 555. The van der Waals surface area contributed by atoms with Gasteiger partial charge in [-0.3, -0.25) is 9.05 Å². The summed E-state index contributed by atoms with van der Waals surface area (Å²) in [7, 11) is -10.3. The summed E-state index contributed by atoms with van der Waals surface area (Å²) in [5, 5.41) is 0. The molecule has 1 saturated heterocycles. The molecule has 1 heterocycles. The molecular formula is C9H9F12O4PSi. The summed E-state index contributed by atoms with van der Waals surface area (Å²) in [5.41, 5.74) is -14.2. The highest BCUT2D eigenvalue weighted by atomic mass is 31.2. The maximum atomic E-state index is 13.2. The first-order chi connectivity index (χ1) is 11.4. The van der Waals surface area contributed by atoms with Gasteiger partial charge in [0.25, 0.3) is 0 Å². The van der Waals surface area contributed by atoms with Gasteiger partial charge in [0.05, 0.1) is 0 Å². The number of alkyl halides is 12. The van der Waals surface area contributed by atoms with Crippen molar-refractivity contribution in [2.75, 3.05) is 0 Å². The lowest BCUT2D eigenvalue weighted by Crippen LogP contribution is -2.79. The predicted octanol–water partition coefficient (Wildman–Crippen LogP) is 5.72. The fourth-order valence-electron chi connectivity index (χ4n) is 2.18. The van der Waals surface area contributed by atoms with Crippen molar-refractivity contribution in [3.05, 3.63) is 0 Å². The van der Waals surface area contributed by atoms with E-state index in [2.05, 4.69) is 13.3 Å². The summed E-state index contributed by atoms with van der Waals surface area (Å²) in [6, 6.07) is 0. The molecule has 0 aromatic rings. The van der Waals surface area contributed by atoms with Crippen molar-refractivity contribution in [1.82, 2.24) is 0 Å². The van der Waals surface area contributed by atoms with E-state index in [1.165, 1.54) is 0 Å². The maximum absolute atomic E-state index is 13.2. The lowest BCUT2D eigenvalue weighted by atomic mass is 9.79. The van der Waals surface area contributed by atoms with Crippen LogP contribution in [0.2, 0.25) is 19.6 Å². The predicted molar refractivity (Wildman–Crippen MR) is 63.9 cm³/mol. The van der Waals surface area contributed by atoms with Gasteiger partial charge >= 0.3 is 43.7 Å². The number of phosphoric ester groups is 1. The van der Waals surface area contributed by atoms with Crippen molar-refractivity contribution in [3.8, 4) is 0 Å². The van der Waals surface area contributed by atoms with E-state index >= 15 is 0 Å². The molecule has 4 nitrogen and oxygen atoms in total. The van der Waals surface area contributed by atoms with E-state index in [-0.39, 0.29) is 0 Å². The van der Waals surface area contributed by atoms with Gasteiger partial charge in [-0.1, -0.05) is 0 Å². The molecule has 0 aromatic heterocycles. The second kappa shape index (κ2) is 6.00. The summed E-state index contributed by atoms with van der Waals surface area (Å²) < 4.78 is 180. The summed E-state index contributed by atoms with van der Waals surface area (Å²) in [4.78, 5) is 0. The quantitative estimate of drug-likeness (QED) is 0.296. The summed E-state index contributed by atoms with van der Waals surface area (Å²) in [6.45, 7) is 2.68. The van der Waals surface area contributed by atoms with Gasteiger partial charge in [-0.15, -0.1) is 0 Å². The number of rotatable bonds is 2. The minimum atomic E-state index is -7.41. The third-order valence-electron chi connectivity index (χ3n) is 2.98. The van der Waals surface area contributed by atoms with Gasteiger partial charge in [0.15, 0.2) is 8.32 Å². The highest BCUT2D eigenvalue weighted by Gasteiger charge is 3.01. The van der Waals surface area contributed by atoms with Crippen molar-refractivity contribution in [1.29, 1.82) is 0 Å². The topological polar surface area (TPSA) is 44.8 Å². The van der Waals surface area contributed by atoms with Crippen LogP contribution < -0.4 is 0 Å². The molecular weight excluding hydrogens is 459 g/mol. The lowest BCUT2D eigenvalue weighted by molar-refractivity contribution is -0.464. The Morgan fingerprint density at radius 1 is 0.667 bits per heavy atom. The minimum absolute atomic E-state index is 0.892. The normalized spacial score (nSPS) is 23.5. The van der Waals surface area contributed by atoms with Crippen molar-refractivity contribution >= 4 is 16.1 Å². The third-order valence-corrected chi connectivity index (χ3v) is 7.06. The first-order valence-corrected chi connectivity index (χ1v) is 11.2. The molecule has 0 aromatic carbocycles. The zero-order chi connectivity index (χ0) is 22.1. The molecule has 162 valence electrons. The van der Waals surface area contributed by atoms with E-state index in [9.17, 15) is 57.3 Å². The first-order valence-electron chi connectivity index (χ1n) is 6.36. The van der Waals surface area contributed by atoms with Gasteiger partial charge in [0, 0.05) is 0 Å². The van der Waals surface area contributed by atoms with Gasteiger partial charge in [0.2, 0.25) is 0 Å². The molecule has 0 saturated carbocycles. The Balaban J connectivity index is 4.08. The molecule has 1 aliphatic rings. The van der Waals surface area contributed by atoms with Gasteiger partial charge in [0.1, 0.15) is 0 Å². The number of phosphoric acid groups is 1. The van der Waals surface area contributed by atoms with Crippen LogP contribution in [0.5, 0.6) is 0 Å². The molecule has 0 bridgehead atoms. The second-order valence-corrected chi connectivity index (χ2v) is 12.4. The van der Waals surface area contributed by atoms with Crippen molar-refractivity contribution in [3.63, 3.8) is 0 Å². The monoisotopic (exact) mass is 468 g/mol. The fourth-order valence-corrected chi connectivity index (χ4v) is 6.54. The molecule has 27 heavy (non-hydrogen) atoms. The van der Waals surface area contributed by atoms with Crippen LogP contribution in [0.25, 0.3) is 0 Å². The molecule has 0 radical (unpaired) electrons. The second-order valence-electron chi connectivity index (χ2n) is 6.19. The Labute approximate surface area is 143 Å². The molecule has 0 aliphatic carbocycles. The fraction of sp³-hybridized carbons (Fsp3) is 1.00. The summed E-state index contributed by atoms with van der Waals surface area (Å²) in [5.74, 6) is 0. The molecule has 0 atom stereocenters. The zero-order valence-electron chi connectivity index (χ0n) is 13.1. The van der Waals surface area contributed by atoms with E-state index in [4.69, 9.17) is 0 Å². The van der Waals surface area contributed by atoms with Crippen molar-refractivity contribution < 1.29 is 70.5 Å². The van der Waals surface area contributed by atoms with Crippen LogP contribution in [0.4, 0.5) is 52.7 Å². The van der Waals surface area contributed by atoms with Crippen LogP contribution in [0.1, 0.15) is 0 Å². The molecule has 1 aliphatic heterocycles. The van der Waals surface area contributed by atoms with Crippen LogP contribution in [0.15, 0.2) is 0 Å². The van der Waals surface area contributed by atoms with Crippen LogP contribution in [0.3, 0.4) is 0 Å². The summed E-state index contributed by atoms with van der Waals surface area (Å²) in [6.07, 6.45) is -29.6. The number of hydrogen-bond donors (Lipinski definition) is 0. The van der Waals surface area contributed by atoms with Gasteiger partial charge in [-0.2, -0.15) is 52.7 Å². The SMILES string of the molecule is C[Si](C)(C)OP1(=O)OC(C(F)(F)F)(C(F)(F)F)C(C(F)(F)F)(C(F)(F)F)O1. The van der Waals surface area contributed by atoms with Crippen LogP contribution in [0, 0.1) is 0 Å². The van der Waals surface area contributed by atoms with Crippen LogP contribution >= 0.6 is 7.82 Å². The van der Waals surface area contributed by atoms with E-state index in [0.717, 1.165) is 19.6 Å². The number of hydrogen-bond acceptors (Lipinski definition) is 4. The van der Waals surface area contributed by atoms with Crippen molar-refractivity contribution in [2.24, 2.45) is 0 Å². The molecule has 0 spiro atoms. The summed E-state index contributed by atoms with van der Waals surface area (Å²) >= 11 is 0. The number of halogens is 12. The highest BCUT2D eigenvalue weighted by Crippen LogP contribution is 2.78. The smallest absolute Gasteiger partial charge is 0.330 e. The van der Waals surface area contributed by atoms with Crippen LogP contribution in [-0.2, 0) is 17.8 Å². The molecule has 18 heteroatoms. The molecule has 0 amide bonds. The van der Waals surface area contributed by atoms with E-state index in [1.54, 1.807) is 0 Å². The van der Waals surface area contributed by atoms with Gasteiger partial charge in [-0.25, -0.2) is 4.57 Å². The van der Waals surface area contributed by atoms with Crippen LogP contribution in [-0.4, -0.2) is 44.2 Å². The Hall–Kier alpha value is -0.513. The van der Waals surface area contributed by atoms with Gasteiger partial charge in [-0.05, 0) is 19.6 Å². The largest absolute Gasteiger partial charge is 0.467 e. The zero-order valence-corrected chi connectivity index (χ0v) is 15.0. The maximum Gasteiger partial charge on any atom is 0.467 e. The standard InChI is InChI=1S/C9H9F12O4PSi/c1-27(2,3)25-26(22)23-4(6(10,11)12,7(13,14)15)5(24-26,8(16,17)18)9(19,20)21/h1-3H3. The molecule has 0 N–H and O–H groups in total. The molecule has 1 fully saturated rings. The Morgan fingerprint density at radius 2 is 0.889 bits per heavy atom. The first kappa shape index (κ1) is 24.5. The minimum Gasteiger partial charge on any atom is -0.330 e. The lowest BCUT2D eigenvalue weighted by Gasteiger charge is -2.44. The Morgan fingerprint density at radius 3 is 1.04 bits per heavy atom. The van der Waals surface area contributed by atoms with Gasteiger partial charge < -0.3 is 4.21 Å². The average Bonchev–Trinajstić information content (AvgIpc) is 2.55.